The summed E-state index contributed by atoms with van der Waals surface area (Å²) in [4.78, 5) is 14.9. The van der Waals surface area contributed by atoms with E-state index in [1.165, 1.54) is 24.8 Å². The fourth-order valence-electron chi connectivity index (χ4n) is 4.19. The second-order valence-corrected chi connectivity index (χ2v) is 10.8. The summed E-state index contributed by atoms with van der Waals surface area (Å²) in [6.45, 7) is 3.27. The number of nitrogens with one attached hydrogen (secondary N) is 2. The quantitative estimate of drug-likeness (QED) is 0.582. The van der Waals surface area contributed by atoms with Gasteiger partial charge in [0.2, 0.25) is 10.0 Å². The Morgan fingerprint density at radius 1 is 1.06 bits per heavy atom. The molecule has 1 aliphatic carbocycles. The molecule has 8 heteroatoms. The van der Waals surface area contributed by atoms with Crippen molar-refractivity contribution in [3.8, 4) is 5.75 Å². The second kappa shape index (κ2) is 11.1. The Labute approximate surface area is 197 Å². The largest absolute Gasteiger partial charge is 0.495 e. The zero-order valence-corrected chi connectivity index (χ0v) is 20.7. The fraction of sp³-hybridized carbons (Fsp3) is 0.480. The van der Waals surface area contributed by atoms with Crippen LogP contribution in [0.3, 0.4) is 0 Å². The van der Waals surface area contributed by atoms with Crippen molar-refractivity contribution in [1.29, 1.82) is 0 Å². The monoisotopic (exact) mass is 473 g/mol. The first-order chi connectivity index (χ1) is 15.7. The summed E-state index contributed by atoms with van der Waals surface area (Å²) in [5, 5.41) is 2.87. The van der Waals surface area contributed by atoms with Gasteiger partial charge in [0.1, 0.15) is 10.6 Å². The zero-order chi connectivity index (χ0) is 24.0. The van der Waals surface area contributed by atoms with Crippen LogP contribution >= 0.6 is 0 Å². The Balaban J connectivity index is 1.72. The molecule has 3 rings (SSSR count). The van der Waals surface area contributed by atoms with Gasteiger partial charge in [0, 0.05) is 24.7 Å². The van der Waals surface area contributed by atoms with Gasteiger partial charge in [0.15, 0.2) is 0 Å². The molecule has 0 heterocycles. The van der Waals surface area contributed by atoms with Crippen molar-refractivity contribution in [3.63, 3.8) is 0 Å². The molecular formula is C25H35N3O4S. The maximum Gasteiger partial charge on any atom is 0.251 e. The number of ether oxygens (including phenoxy) is 1. The number of hydrogen-bond donors (Lipinski definition) is 2. The summed E-state index contributed by atoms with van der Waals surface area (Å²) >= 11 is 0. The van der Waals surface area contributed by atoms with Gasteiger partial charge in [-0.1, -0.05) is 44.0 Å². The number of amides is 1. The van der Waals surface area contributed by atoms with Crippen molar-refractivity contribution in [2.24, 2.45) is 5.92 Å². The van der Waals surface area contributed by atoms with Crippen molar-refractivity contribution >= 4 is 15.9 Å². The van der Waals surface area contributed by atoms with Crippen molar-refractivity contribution in [2.75, 3.05) is 21.2 Å². The molecule has 0 spiro atoms. The van der Waals surface area contributed by atoms with Crippen LogP contribution in [0.2, 0.25) is 0 Å². The highest BCUT2D eigenvalue weighted by Gasteiger charge is 2.29. The van der Waals surface area contributed by atoms with E-state index in [-0.39, 0.29) is 34.1 Å². The standard InChI is InChI=1S/C25H35N3O4S/c1-18-7-5-6-8-22(18)27-33(30,31)24-15-21(13-14-23(24)32-4)25(29)26-16-19-9-11-20(12-10-19)17-28(2)3/h9-15,18,22,27H,5-8,16-17H2,1-4H3,(H,26,29). The maximum absolute atomic E-state index is 13.2. The lowest BCUT2D eigenvalue weighted by molar-refractivity contribution is 0.0950. The topological polar surface area (TPSA) is 87.7 Å². The summed E-state index contributed by atoms with van der Waals surface area (Å²) in [7, 11) is 1.63. The number of nitrogens with zero attached hydrogens (tertiary/aromatic N) is 1. The van der Waals surface area contributed by atoms with Crippen LogP contribution < -0.4 is 14.8 Å². The molecule has 1 amide bonds. The minimum absolute atomic E-state index is 0.0107. The molecule has 1 fully saturated rings. The third-order valence-corrected chi connectivity index (χ3v) is 7.62. The molecule has 0 radical (unpaired) electrons. The molecule has 2 aromatic rings. The molecule has 180 valence electrons. The normalized spacial score (nSPS) is 18.8. The van der Waals surface area contributed by atoms with E-state index in [2.05, 4.69) is 21.9 Å². The van der Waals surface area contributed by atoms with E-state index >= 15 is 0 Å². The number of methoxy groups -OCH3 is 1. The van der Waals surface area contributed by atoms with Gasteiger partial charge in [-0.05, 0) is 62.2 Å². The van der Waals surface area contributed by atoms with Gasteiger partial charge in [0.05, 0.1) is 7.11 Å². The number of benzene rings is 2. The average molecular weight is 474 g/mol. The molecule has 0 saturated heterocycles. The summed E-state index contributed by atoms with van der Waals surface area (Å²) in [5.41, 5.74) is 2.44. The fourth-order valence-corrected chi connectivity index (χ4v) is 5.77. The maximum atomic E-state index is 13.2. The van der Waals surface area contributed by atoms with E-state index in [1.807, 2.05) is 38.4 Å². The number of hydrogen-bond acceptors (Lipinski definition) is 5. The van der Waals surface area contributed by atoms with Crippen molar-refractivity contribution in [1.82, 2.24) is 14.9 Å². The molecule has 0 aromatic heterocycles. The van der Waals surface area contributed by atoms with Crippen LogP contribution in [-0.4, -0.2) is 46.5 Å². The molecule has 33 heavy (non-hydrogen) atoms. The van der Waals surface area contributed by atoms with E-state index in [0.29, 0.717) is 6.54 Å². The van der Waals surface area contributed by atoms with Crippen LogP contribution in [0, 0.1) is 5.92 Å². The third-order valence-electron chi connectivity index (χ3n) is 6.11. The lowest BCUT2D eigenvalue weighted by atomic mass is 9.87. The van der Waals surface area contributed by atoms with Crippen molar-refractivity contribution < 1.29 is 17.9 Å². The van der Waals surface area contributed by atoms with Gasteiger partial charge in [-0.2, -0.15) is 0 Å². The predicted molar refractivity (Wildman–Crippen MR) is 130 cm³/mol. The minimum Gasteiger partial charge on any atom is -0.495 e. The van der Waals surface area contributed by atoms with Crippen molar-refractivity contribution in [2.45, 2.75) is 56.6 Å². The zero-order valence-electron chi connectivity index (χ0n) is 19.9. The second-order valence-electron chi connectivity index (χ2n) is 9.09. The molecule has 7 nitrogen and oxygen atoms in total. The van der Waals surface area contributed by atoms with Gasteiger partial charge in [-0.15, -0.1) is 0 Å². The van der Waals surface area contributed by atoms with Crippen LogP contribution in [0.4, 0.5) is 0 Å². The molecule has 2 unspecified atom stereocenters. The molecule has 2 atom stereocenters. The lowest BCUT2D eigenvalue weighted by Crippen LogP contribution is -2.41. The highest BCUT2D eigenvalue weighted by Crippen LogP contribution is 2.29. The predicted octanol–water partition coefficient (Wildman–Crippen LogP) is 3.54. The van der Waals surface area contributed by atoms with Crippen molar-refractivity contribution in [3.05, 3.63) is 59.2 Å². The summed E-state index contributed by atoms with van der Waals surface area (Å²) in [6, 6.07) is 12.4. The number of carbonyl (C=O) groups is 1. The van der Waals surface area contributed by atoms with Gasteiger partial charge < -0.3 is 15.0 Å². The third kappa shape index (κ3) is 6.79. The van der Waals surface area contributed by atoms with E-state index in [1.54, 1.807) is 6.07 Å². The number of carbonyl (C=O) groups excluding carboxylic acids is 1. The molecular weight excluding hydrogens is 438 g/mol. The molecule has 0 bridgehead atoms. The van der Waals surface area contributed by atoms with Gasteiger partial charge in [-0.3, -0.25) is 4.79 Å². The van der Waals surface area contributed by atoms with E-state index in [4.69, 9.17) is 4.74 Å². The Hall–Kier alpha value is -2.42. The van der Waals surface area contributed by atoms with Gasteiger partial charge in [-0.25, -0.2) is 13.1 Å². The molecule has 1 saturated carbocycles. The van der Waals surface area contributed by atoms with E-state index in [0.717, 1.165) is 37.8 Å². The van der Waals surface area contributed by atoms with Crippen LogP contribution in [0.25, 0.3) is 0 Å². The molecule has 2 aromatic carbocycles. The lowest BCUT2D eigenvalue weighted by Gasteiger charge is -2.29. The van der Waals surface area contributed by atoms with Crippen LogP contribution in [0.15, 0.2) is 47.4 Å². The Kier molecular flexibility index (Phi) is 8.51. The SMILES string of the molecule is COc1ccc(C(=O)NCc2ccc(CN(C)C)cc2)cc1S(=O)(=O)NC1CCCCC1C. The minimum atomic E-state index is -3.83. The van der Waals surface area contributed by atoms with E-state index < -0.39 is 10.0 Å². The van der Waals surface area contributed by atoms with Crippen LogP contribution in [0.1, 0.15) is 54.1 Å². The van der Waals surface area contributed by atoms with Crippen LogP contribution in [-0.2, 0) is 23.1 Å². The van der Waals surface area contributed by atoms with E-state index in [9.17, 15) is 13.2 Å². The molecule has 0 aliphatic heterocycles. The van der Waals surface area contributed by atoms with Gasteiger partial charge >= 0.3 is 0 Å². The number of rotatable bonds is 9. The Morgan fingerprint density at radius 2 is 1.73 bits per heavy atom. The first-order valence-electron chi connectivity index (χ1n) is 11.4. The number of sulfonamides is 1. The molecule has 2 N–H and O–H groups in total. The van der Waals surface area contributed by atoms with Gasteiger partial charge in [0.25, 0.3) is 5.91 Å². The Morgan fingerprint density at radius 3 is 2.36 bits per heavy atom. The summed E-state index contributed by atoms with van der Waals surface area (Å²) in [6.07, 6.45) is 3.95. The smallest absolute Gasteiger partial charge is 0.251 e. The summed E-state index contributed by atoms with van der Waals surface area (Å²) in [5.74, 6) is 0.159. The average Bonchev–Trinajstić information content (AvgIpc) is 2.79. The molecule has 1 aliphatic rings. The first-order valence-corrected chi connectivity index (χ1v) is 12.9. The van der Waals surface area contributed by atoms with Crippen LogP contribution in [0.5, 0.6) is 5.75 Å². The highest BCUT2D eigenvalue weighted by atomic mass is 32.2. The Bertz CT molecular complexity index is 1050. The first kappa shape index (κ1) is 25.2. The summed E-state index contributed by atoms with van der Waals surface area (Å²) < 4.78 is 34.5. The highest BCUT2D eigenvalue weighted by molar-refractivity contribution is 7.89.